The first kappa shape index (κ1) is 17.9. The van der Waals surface area contributed by atoms with E-state index in [0.29, 0.717) is 12.3 Å². The molecule has 0 radical (unpaired) electrons. The summed E-state index contributed by atoms with van der Waals surface area (Å²) in [6.45, 7) is 1.91. The first-order chi connectivity index (χ1) is 12.5. The molecule has 5 heteroatoms. The Morgan fingerprint density at radius 3 is 2.04 bits per heavy atom. The molecule has 4 nitrogen and oxygen atoms in total. The number of hydrogen-bond donors (Lipinski definition) is 1. The highest BCUT2D eigenvalue weighted by molar-refractivity contribution is 7.90. The molecule has 0 spiro atoms. The fourth-order valence-electron chi connectivity index (χ4n) is 2.48. The highest BCUT2D eigenvalue weighted by Gasteiger charge is 2.15. The number of amidine groups is 1. The average Bonchev–Trinajstić information content (AvgIpc) is 2.63. The summed E-state index contributed by atoms with van der Waals surface area (Å²) in [6.07, 6.45) is 0.390. The lowest BCUT2D eigenvalue weighted by Crippen LogP contribution is -2.17. The third-order valence-electron chi connectivity index (χ3n) is 3.83. The summed E-state index contributed by atoms with van der Waals surface area (Å²) in [5.41, 5.74) is 2.77. The summed E-state index contributed by atoms with van der Waals surface area (Å²) < 4.78 is 29.5. The van der Waals surface area contributed by atoms with Crippen LogP contribution in [0.2, 0.25) is 0 Å². The van der Waals surface area contributed by atoms with E-state index in [2.05, 4.69) is 9.71 Å². The van der Waals surface area contributed by atoms with E-state index in [0.717, 1.165) is 16.8 Å². The zero-order valence-electron chi connectivity index (χ0n) is 14.5. The highest BCUT2D eigenvalue weighted by atomic mass is 32.2. The summed E-state index contributed by atoms with van der Waals surface area (Å²) in [5, 5.41) is 3.14. The first-order valence-electron chi connectivity index (χ1n) is 8.29. The predicted molar refractivity (Wildman–Crippen MR) is 106 cm³/mol. The van der Waals surface area contributed by atoms with Gasteiger partial charge in [-0.2, -0.15) is 8.42 Å². The number of para-hydroxylation sites is 1. The highest BCUT2D eigenvalue weighted by Crippen LogP contribution is 2.15. The molecule has 26 heavy (non-hydrogen) atoms. The van der Waals surface area contributed by atoms with Crippen LogP contribution in [0.25, 0.3) is 0 Å². The lowest BCUT2D eigenvalue weighted by atomic mass is 10.1. The standard InChI is InChI=1S/C21H20N2O2S/c1-17-12-14-20(15-13-17)26(24,25)23-21(16-18-8-4-2-5-9-18)22-19-10-6-3-7-11-19/h2-15H,16H2,1H3,(H,22,23). The zero-order chi connectivity index (χ0) is 18.4. The van der Waals surface area contributed by atoms with E-state index in [4.69, 9.17) is 0 Å². The van der Waals surface area contributed by atoms with Gasteiger partial charge < -0.3 is 5.32 Å². The van der Waals surface area contributed by atoms with E-state index < -0.39 is 10.0 Å². The van der Waals surface area contributed by atoms with Crippen LogP contribution in [-0.4, -0.2) is 14.3 Å². The Morgan fingerprint density at radius 2 is 1.42 bits per heavy atom. The van der Waals surface area contributed by atoms with E-state index in [-0.39, 0.29) is 4.90 Å². The molecule has 0 aliphatic carbocycles. The van der Waals surface area contributed by atoms with Crippen molar-refractivity contribution in [1.29, 1.82) is 0 Å². The first-order valence-corrected chi connectivity index (χ1v) is 9.73. The molecular weight excluding hydrogens is 344 g/mol. The van der Waals surface area contributed by atoms with Gasteiger partial charge in [0.2, 0.25) is 0 Å². The molecule has 3 aromatic rings. The minimum absolute atomic E-state index is 0.184. The molecule has 0 fully saturated rings. The number of sulfonamides is 1. The normalized spacial score (nSPS) is 12.0. The summed E-state index contributed by atoms with van der Waals surface area (Å²) in [7, 11) is -3.79. The Labute approximate surface area is 154 Å². The van der Waals surface area contributed by atoms with Crippen molar-refractivity contribution in [3.63, 3.8) is 0 Å². The fraction of sp³-hybridized carbons (Fsp3) is 0.0952. The molecule has 1 N–H and O–H groups in total. The third-order valence-corrected chi connectivity index (χ3v) is 5.15. The van der Waals surface area contributed by atoms with Crippen LogP contribution in [0.5, 0.6) is 0 Å². The Morgan fingerprint density at radius 1 is 0.846 bits per heavy atom. The van der Waals surface area contributed by atoms with Gasteiger partial charge in [-0.05, 0) is 36.8 Å². The molecule has 0 amide bonds. The number of anilines is 1. The smallest absolute Gasteiger partial charge is 0.283 e. The van der Waals surface area contributed by atoms with Crippen molar-refractivity contribution < 1.29 is 8.42 Å². The quantitative estimate of drug-likeness (QED) is 0.538. The number of benzene rings is 3. The second-order valence-corrected chi connectivity index (χ2v) is 7.58. The second kappa shape index (κ2) is 7.97. The molecule has 3 rings (SSSR count). The minimum atomic E-state index is -3.79. The number of aryl methyl sites for hydroxylation is 1. The third kappa shape index (κ3) is 4.80. The van der Waals surface area contributed by atoms with Gasteiger partial charge in [-0.3, -0.25) is 0 Å². The van der Waals surface area contributed by atoms with Crippen LogP contribution in [0.15, 0.2) is 94.2 Å². The molecule has 0 heterocycles. The van der Waals surface area contributed by atoms with Gasteiger partial charge in [-0.1, -0.05) is 66.2 Å². The molecule has 0 saturated heterocycles. The molecule has 0 saturated carbocycles. The molecule has 132 valence electrons. The average molecular weight is 364 g/mol. The molecule has 0 aromatic heterocycles. The molecule has 0 bridgehead atoms. The number of nitrogens with one attached hydrogen (secondary N) is 1. The van der Waals surface area contributed by atoms with Gasteiger partial charge in [-0.25, -0.2) is 0 Å². The molecule has 3 aromatic carbocycles. The maximum Gasteiger partial charge on any atom is 0.283 e. The number of hydrogen-bond acceptors (Lipinski definition) is 2. The second-order valence-electron chi connectivity index (χ2n) is 5.98. The lowest BCUT2D eigenvalue weighted by Gasteiger charge is -2.11. The van der Waals surface area contributed by atoms with Crippen LogP contribution in [0.3, 0.4) is 0 Å². The van der Waals surface area contributed by atoms with Crippen LogP contribution in [0, 0.1) is 6.92 Å². The Hall–Kier alpha value is -2.92. The van der Waals surface area contributed by atoms with Crippen LogP contribution >= 0.6 is 0 Å². The van der Waals surface area contributed by atoms with Gasteiger partial charge >= 0.3 is 0 Å². The van der Waals surface area contributed by atoms with Crippen molar-refractivity contribution in [1.82, 2.24) is 0 Å². The maximum absolute atomic E-state index is 12.7. The van der Waals surface area contributed by atoms with Crippen molar-refractivity contribution >= 4 is 21.5 Å². The van der Waals surface area contributed by atoms with Crippen LogP contribution in [-0.2, 0) is 16.4 Å². The Balaban J connectivity index is 1.95. The van der Waals surface area contributed by atoms with Crippen molar-refractivity contribution in [3.05, 3.63) is 96.1 Å². The van der Waals surface area contributed by atoms with E-state index in [1.807, 2.05) is 67.6 Å². The Kier molecular flexibility index (Phi) is 5.49. The van der Waals surface area contributed by atoms with E-state index in [1.54, 1.807) is 24.3 Å². The molecular formula is C21H20N2O2S. The molecule has 0 aliphatic rings. The summed E-state index contributed by atoms with van der Waals surface area (Å²) in [4.78, 5) is 0.184. The topological polar surface area (TPSA) is 58.5 Å². The Bertz CT molecular complexity index is 938. The van der Waals surface area contributed by atoms with E-state index in [1.165, 1.54) is 0 Å². The predicted octanol–water partition coefficient (Wildman–Crippen LogP) is 4.44. The van der Waals surface area contributed by atoms with E-state index >= 15 is 0 Å². The van der Waals surface area contributed by atoms with Crippen molar-refractivity contribution in [2.45, 2.75) is 18.2 Å². The van der Waals surface area contributed by atoms with Crippen LogP contribution in [0.4, 0.5) is 5.69 Å². The largest absolute Gasteiger partial charge is 0.343 e. The van der Waals surface area contributed by atoms with Gasteiger partial charge in [0, 0.05) is 12.1 Å². The maximum atomic E-state index is 12.7. The summed E-state index contributed by atoms with van der Waals surface area (Å²) >= 11 is 0. The SMILES string of the molecule is Cc1ccc(S(=O)(=O)N=C(Cc2ccccc2)Nc2ccccc2)cc1. The van der Waals surface area contributed by atoms with Crippen LogP contribution in [0.1, 0.15) is 11.1 Å². The number of rotatable bonds is 5. The molecule has 0 aliphatic heterocycles. The van der Waals surface area contributed by atoms with Crippen molar-refractivity contribution in [2.24, 2.45) is 4.40 Å². The van der Waals surface area contributed by atoms with Gasteiger partial charge in [-0.15, -0.1) is 4.40 Å². The fourth-order valence-corrected chi connectivity index (χ4v) is 3.47. The lowest BCUT2D eigenvalue weighted by molar-refractivity contribution is 0.598. The minimum Gasteiger partial charge on any atom is -0.343 e. The van der Waals surface area contributed by atoms with Gasteiger partial charge in [0.15, 0.2) is 0 Å². The summed E-state index contributed by atoms with van der Waals surface area (Å²) in [6, 6.07) is 25.8. The summed E-state index contributed by atoms with van der Waals surface area (Å²) in [5.74, 6) is 0.378. The van der Waals surface area contributed by atoms with Gasteiger partial charge in [0.1, 0.15) is 5.84 Å². The molecule has 0 atom stereocenters. The molecule has 0 unspecified atom stereocenters. The van der Waals surface area contributed by atoms with E-state index in [9.17, 15) is 8.42 Å². The van der Waals surface area contributed by atoms with Crippen molar-refractivity contribution in [3.8, 4) is 0 Å². The number of nitrogens with zero attached hydrogens (tertiary/aromatic N) is 1. The zero-order valence-corrected chi connectivity index (χ0v) is 15.3. The van der Waals surface area contributed by atoms with Gasteiger partial charge in [0.25, 0.3) is 10.0 Å². The van der Waals surface area contributed by atoms with Crippen molar-refractivity contribution in [2.75, 3.05) is 5.32 Å². The monoisotopic (exact) mass is 364 g/mol. The van der Waals surface area contributed by atoms with Gasteiger partial charge in [0.05, 0.1) is 4.90 Å². The van der Waals surface area contributed by atoms with Crippen LogP contribution < -0.4 is 5.32 Å².